The van der Waals surface area contributed by atoms with Crippen LogP contribution in [0.15, 0.2) is 91.1 Å². The molecular formula is C29H25NS2. The molecule has 158 valence electrons. The number of hydrogen-bond donors (Lipinski definition) is 0. The minimum absolute atomic E-state index is 0.944. The first kappa shape index (κ1) is 19.8. The molecule has 0 radical (unpaired) electrons. The second-order valence-corrected chi connectivity index (χ2v) is 10.9. The van der Waals surface area contributed by atoms with Gasteiger partial charge in [-0.25, -0.2) is 0 Å². The molecule has 0 saturated heterocycles. The molecule has 0 saturated carbocycles. The highest BCUT2D eigenvalue weighted by Crippen LogP contribution is 2.34. The third kappa shape index (κ3) is 3.99. The molecule has 0 N–H and O–H groups in total. The average Bonchev–Trinajstić information content (AvgIpc) is 3.42. The summed E-state index contributed by atoms with van der Waals surface area (Å²) in [4.78, 5) is 5.38. The van der Waals surface area contributed by atoms with Gasteiger partial charge in [0.2, 0.25) is 0 Å². The molecule has 0 amide bonds. The number of thiophene rings is 2. The molecular weight excluding hydrogens is 426 g/mol. The van der Waals surface area contributed by atoms with Crippen LogP contribution in [0.2, 0.25) is 0 Å². The number of hydrogen-bond acceptors (Lipinski definition) is 3. The highest BCUT2D eigenvalue weighted by Gasteiger charge is 2.16. The standard InChI is InChI=1S/C29H25NS2/c1-4-13-27-21(8-1)11-7-12-24(27)18-30(19-25-16-22-9-2-5-14-28(22)31-25)20-26-17-23-10-3-6-15-29(23)32-26/h1-6,8-10,13-18H,7,11-12,19-20H2/b24-18+. The van der Waals surface area contributed by atoms with E-state index in [1.165, 1.54) is 59.5 Å². The lowest BCUT2D eigenvalue weighted by Crippen LogP contribution is -2.17. The Morgan fingerprint density at radius 2 is 1.28 bits per heavy atom. The summed E-state index contributed by atoms with van der Waals surface area (Å²) in [5, 5.41) is 2.70. The molecule has 5 aromatic rings. The zero-order valence-corrected chi connectivity index (χ0v) is 19.6. The summed E-state index contributed by atoms with van der Waals surface area (Å²) in [5.74, 6) is 0. The summed E-state index contributed by atoms with van der Waals surface area (Å²) in [6, 6.07) is 31.1. The van der Waals surface area contributed by atoms with Gasteiger partial charge in [-0.05, 0) is 71.0 Å². The van der Waals surface area contributed by atoms with E-state index in [9.17, 15) is 0 Å². The molecule has 32 heavy (non-hydrogen) atoms. The number of aryl methyl sites for hydroxylation is 1. The lowest BCUT2D eigenvalue weighted by atomic mass is 9.88. The van der Waals surface area contributed by atoms with Gasteiger partial charge in [-0.1, -0.05) is 60.7 Å². The Morgan fingerprint density at radius 3 is 1.94 bits per heavy atom. The first-order valence-electron chi connectivity index (χ1n) is 11.3. The third-order valence-corrected chi connectivity index (χ3v) is 8.47. The Kier molecular flexibility index (Phi) is 5.30. The van der Waals surface area contributed by atoms with E-state index < -0.39 is 0 Å². The first-order chi connectivity index (χ1) is 15.8. The van der Waals surface area contributed by atoms with Crippen LogP contribution >= 0.6 is 22.7 Å². The Labute approximate surface area is 197 Å². The van der Waals surface area contributed by atoms with Crippen LogP contribution in [0.25, 0.3) is 25.7 Å². The maximum absolute atomic E-state index is 2.53. The second kappa shape index (κ2) is 8.57. The van der Waals surface area contributed by atoms with Gasteiger partial charge >= 0.3 is 0 Å². The SMILES string of the molecule is C(=C1/CCCc2ccccc21)/N(Cc1cc2ccccc2s1)Cc1cc2ccccc2s1. The lowest BCUT2D eigenvalue weighted by molar-refractivity contribution is 0.369. The van der Waals surface area contributed by atoms with E-state index in [1.807, 2.05) is 22.7 Å². The van der Waals surface area contributed by atoms with E-state index in [1.54, 1.807) is 0 Å². The minimum atomic E-state index is 0.944. The molecule has 0 atom stereocenters. The topological polar surface area (TPSA) is 3.24 Å². The summed E-state index contributed by atoms with van der Waals surface area (Å²) in [7, 11) is 0. The number of allylic oxidation sites excluding steroid dienone is 1. The van der Waals surface area contributed by atoms with Crippen LogP contribution in [0.1, 0.15) is 33.7 Å². The lowest BCUT2D eigenvalue weighted by Gasteiger charge is -2.25. The molecule has 0 unspecified atom stereocenters. The molecule has 1 aliphatic rings. The van der Waals surface area contributed by atoms with Crippen LogP contribution < -0.4 is 0 Å². The fourth-order valence-corrected chi connectivity index (χ4v) is 6.97. The fraction of sp³-hybridized carbons (Fsp3) is 0.172. The van der Waals surface area contributed by atoms with Gasteiger partial charge in [-0.2, -0.15) is 0 Å². The molecule has 0 aliphatic heterocycles. The zero-order valence-electron chi connectivity index (χ0n) is 18.0. The zero-order chi connectivity index (χ0) is 21.3. The van der Waals surface area contributed by atoms with Gasteiger partial charge in [0.25, 0.3) is 0 Å². The van der Waals surface area contributed by atoms with Crippen LogP contribution in [0.3, 0.4) is 0 Å². The molecule has 3 aromatic carbocycles. The Morgan fingerprint density at radius 1 is 0.688 bits per heavy atom. The van der Waals surface area contributed by atoms with Crippen LogP contribution in [-0.2, 0) is 19.5 Å². The molecule has 0 fully saturated rings. The summed E-state index contributed by atoms with van der Waals surface area (Å²) in [6.45, 7) is 1.89. The fourth-order valence-electron chi connectivity index (χ4n) is 4.79. The predicted octanol–water partition coefficient (Wildman–Crippen LogP) is 8.50. The molecule has 2 heterocycles. The van der Waals surface area contributed by atoms with Crippen molar-refractivity contribution < 1.29 is 0 Å². The molecule has 1 aliphatic carbocycles. The van der Waals surface area contributed by atoms with Crippen LogP contribution in [-0.4, -0.2) is 4.90 Å². The van der Waals surface area contributed by atoms with Gasteiger partial charge in [0, 0.05) is 25.4 Å². The quantitative estimate of drug-likeness (QED) is 0.259. The number of nitrogens with zero attached hydrogens (tertiary/aromatic N) is 1. The summed E-state index contributed by atoms with van der Waals surface area (Å²) in [5.41, 5.74) is 4.42. The molecule has 3 heteroatoms. The highest BCUT2D eigenvalue weighted by atomic mass is 32.1. The van der Waals surface area contributed by atoms with Crippen LogP contribution in [0.5, 0.6) is 0 Å². The first-order valence-corrected chi connectivity index (χ1v) is 12.9. The Bertz CT molecular complexity index is 1280. The van der Waals surface area contributed by atoms with Gasteiger partial charge in [0.05, 0.1) is 13.1 Å². The van der Waals surface area contributed by atoms with Crippen molar-refractivity contribution in [2.45, 2.75) is 32.4 Å². The third-order valence-electron chi connectivity index (χ3n) is 6.26. The van der Waals surface area contributed by atoms with Crippen molar-refractivity contribution in [2.24, 2.45) is 0 Å². The van der Waals surface area contributed by atoms with E-state index >= 15 is 0 Å². The Balaban J connectivity index is 1.37. The van der Waals surface area contributed by atoms with Gasteiger partial charge < -0.3 is 4.90 Å². The van der Waals surface area contributed by atoms with Gasteiger partial charge in [0.15, 0.2) is 0 Å². The number of rotatable bonds is 5. The summed E-state index contributed by atoms with van der Waals surface area (Å²) >= 11 is 3.84. The molecule has 1 nitrogen and oxygen atoms in total. The van der Waals surface area contributed by atoms with Gasteiger partial charge in [-0.3, -0.25) is 0 Å². The largest absolute Gasteiger partial charge is 0.367 e. The molecule has 0 bridgehead atoms. The summed E-state index contributed by atoms with van der Waals surface area (Å²) in [6.07, 6.45) is 6.04. The monoisotopic (exact) mass is 451 g/mol. The van der Waals surface area contributed by atoms with Crippen molar-refractivity contribution in [2.75, 3.05) is 0 Å². The highest BCUT2D eigenvalue weighted by molar-refractivity contribution is 7.19. The summed E-state index contributed by atoms with van der Waals surface area (Å²) < 4.78 is 2.75. The van der Waals surface area contributed by atoms with Gasteiger partial charge in [0.1, 0.15) is 0 Å². The smallest absolute Gasteiger partial charge is 0.0521 e. The van der Waals surface area contributed by atoms with Crippen molar-refractivity contribution >= 4 is 48.4 Å². The number of fused-ring (bicyclic) bond motifs is 3. The van der Waals surface area contributed by atoms with E-state index in [0.717, 1.165) is 19.5 Å². The van der Waals surface area contributed by atoms with Crippen molar-refractivity contribution in [1.82, 2.24) is 4.90 Å². The maximum Gasteiger partial charge on any atom is 0.0521 e. The van der Waals surface area contributed by atoms with Crippen LogP contribution in [0.4, 0.5) is 0 Å². The normalized spacial score (nSPS) is 14.8. The minimum Gasteiger partial charge on any atom is -0.367 e. The van der Waals surface area contributed by atoms with Gasteiger partial charge in [-0.15, -0.1) is 22.7 Å². The maximum atomic E-state index is 2.53. The van der Waals surface area contributed by atoms with E-state index in [0.29, 0.717) is 0 Å². The second-order valence-electron chi connectivity index (χ2n) is 8.57. The van der Waals surface area contributed by atoms with E-state index in [4.69, 9.17) is 0 Å². The van der Waals surface area contributed by atoms with Crippen molar-refractivity contribution in [3.63, 3.8) is 0 Å². The molecule has 0 spiro atoms. The Hall–Kier alpha value is -2.88. The molecule has 6 rings (SSSR count). The van der Waals surface area contributed by atoms with E-state index in [2.05, 4.69) is 96.0 Å². The van der Waals surface area contributed by atoms with Crippen molar-refractivity contribution in [1.29, 1.82) is 0 Å². The predicted molar refractivity (Wildman–Crippen MR) is 140 cm³/mol. The average molecular weight is 452 g/mol. The van der Waals surface area contributed by atoms with Crippen molar-refractivity contribution in [3.05, 3.63) is 112 Å². The van der Waals surface area contributed by atoms with Crippen LogP contribution in [0, 0.1) is 0 Å². The number of benzene rings is 3. The molecule has 2 aromatic heterocycles. The van der Waals surface area contributed by atoms with Crippen molar-refractivity contribution in [3.8, 4) is 0 Å². The van der Waals surface area contributed by atoms with E-state index in [-0.39, 0.29) is 0 Å².